The monoisotopic (exact) mass is 427 g/mol. The molecule has 5 heteroatoms. The first kappa shape index (κ1) is 20.5. The van der Waals surface area contributed by atoms with Crippen molar-refractivity contribution < 1.29 is 4.57 Å². The van der Waals surface area contributed by atoms with Gasteiger partial charge in [-0.3, -0.25) is 4.57 Å². The minimum absolute atomic E-state index is 0.402. The highest BCUT2D eigenvalue weighted by atomic mass is 35.5. The zero-order valence-electron chi connectivity index (χ0n) is 15.3. The van der Waals surface area contributed by atoms with E-state index in [1.165, 1.54) is 0 Å². The SMILES string of the molecule is Cc1ccccc1NP(=O)(/C=C(\Cl)c1ccccc1)/C=C(/Cl)c1ccccc1. The second-order valence-electron chi connectivity index (χ2n) is 6.32. The predicted molar refractivity (Wildman–Crippen MR) is 123 cm³/mol. The Kier molecular flexibility index (Phi) is 6.80. The lowest BCUT2D eigenvalue weighted by atomic mass is 10.2. The summed E-state index contributed by atoms with van der Waals surface area (Å²) in [5.41, 5.74) is 3.34. The Bertz CT molecular complexity index is 987. The lowest BCUT2D eigenvalue weighted by Gasteiger charge is -2.17. The normalized spacial score (nSPS) is 14.4. The van der Waals surface area contributed by atoms with Gasteiger partial charge >= 0.3 is 0 Å². The number of halogens is 2. The van der Waals surface area contributed by atoms with Crippen LogP contribution in [0.3, 0.4) is 0 Å². The van der Waals surface area contributed by atoms with Gasteiger partial charge in [0.25, 0.3) is 0 Å². The third kappa shape index (κ3) is 5.39. The largest absolute Gasteiger partial charge is 0.330 e. The Morgan fingerprint density at radius 1 is 0.750 bits per heavy atom. The maximum atomic E-state index is 13.9. The maximum Gasteiger partial charge on any atom is 0.216 e. The first-order chi connectivity index (χ1) is 13.5. The van der Waals surface area contributed by atoms with E-state index in [4.69, 9.17) is 23.2 Å². The number of nitrogens with one attached hydrogen (secondary N) is 1. The first-order valence-corrected chi connectivity index (χ1v) is 11.4. The fourth-order valence-corrected chi connectivity index (χ4v) is 5.59. The van der Waals surface area contributed by atoms with E-state index in [9.17, 15) is 4.57 Å². The second kappa shape index (κ2) is 9.30. The van der Waals surface area contributed by atoms with Crippen LogP contribution in [0.2, 0.25) is 0 Å². The van der Waals surface area contributed by atoms with Crippen LogP contribution in [0.5, 0.6) is 0 Å². The van der Waals surface area contributed by atoms with Crippen LogP contribution in [0.15, 0.2) is 96.6 Å². The Morgan fingerprint density at radius 2 is 1.18 bits per heavy atom. The minimum Gasteiger partial charge on any atom is -0.330 e. The first-order valence-electron chi connectivity index (χ1n) is 8.78. The molecule has 3 rings (SSSR count). The summed E-state index contributed by atoms with van der Waals surface area (Å²) < 4.78 is 13.9. The molecule has 2 nitrogen and oxygen atoms in total. The second-order valence-corrected chi connectivity index (χ2v) is 9.30. The van der Waals surface area contributed by atoms with Crippen molar-refractivity contribution in [3.63, 3.8) is 0 Å². The van der Waals surface area contributed by atoms with Crippen LogP contribution in [0.25, 0.3) is 10.1 Å². The number of benzene rings is 3. The van der Waals surface area contributed by atoms with Crippen LogP contribution >= 0.6 is 30.5 Å². The summed E-state index contributed by atoms with van der Waals surface area (Å²) >= 11 is 13.0. The number of hydrogen-bond donors (Lipinski definition) is 1. The average Bonchev–Trinajstić information content (AvgIpc) is 2.71. The molecule has 0 aliphatic carbocycles. The molecule has 1 atom stereocenters. The van der Waals surface area contributed by atoms with Crippen molar-refractivity contribution in [2.24, 2.45) is 0 Å². The predicted octanol–water partition coefficient (Wildman–Crippen LogP) is 8.16. The average molecular weight is 428 g/mol. The van der Waals surface area contributed by atoms with E-state index in [-0.39, 0.29) is 0 Å². The maximum absolute atomic E-state index is 13.9. The molecule has 0 amide bonds. The summed E-state index contributed by atoms with van der Waals surface area (Å²) in [4.78, 5) is 0. The molecule has 0 spiro atoms. The van der Waals surface area contributed by atoms with Crippen molar-refractivity contribution in [1.82, 2.24) is 0 Å². The van der Waals surface area contributed by atoms with Crippen LogP contribution in [0.4, 0.5) is 5.69 Å². The highest BCUT2D eigenvalue weighted by molar-refractivity contribution is 7.72. The van der Waals surface area contributed by atoms with E-state index in [0.29, 0.717) is 10.1 Å². The van der Waals surface area contributed by atoms with E-state index < -0.39 is 7.29 Å². The topological polar surface area (TPSA) is 29.1 Å². The molecule has 0 aliphatic rings. The molecule has 0 fully saturated rings. The molecule has 0 bridgehead atoms. The fourth-order valence-electron chi connectivity index (χ4n) is 2.67. The Hall–Kier alpha value is -2.25. The number of hydrogen-bond acceptors (Lipinski definition) is 1. The van der Waals surface area contributed by atoms with Gasteiger partial charge in [-0.2, -0.15) is 0 Å². The van der Waals surface area contributed by atoms with Crippen molar-refractivity contribution in [2.45, 2.75) is 6.92 Å². The van der Waals surface area contributed by atoms with Gasteiger partial charge in [0.1, 0.15) is 0 Å². The van der Waals surface area contributed by atoms with Crippen LogP contribution in [-0.2, 0) is 4.57 Å². The smallest absolute Gasteiger partial charge is 0.216 e. The van der Waals surface area contributed by atoms with Crippen molar-refractivity contribution in [2.75, 3.05) is 5.09 Å². The van der Waals surface area contributed by atoms with Crippen molar-refractivity contribution in [3.05, 3.63) is 113 Å². The third-order valence-corrected chi connectivity index (χ3v) is 6.98. The number of anilines is 1. The highest BCUT2D eigenvalue weighted by Gasteiger charge is 2.20. The summed E-state index contributed by atoms with van der Waals surface area (Å²) in [6, 6.07) is 26.5. The van der Waals surface area contributed by atoms with E-state index in [0.717, 1.165) is 22.4 Å². The van der Waals surface area contributed by atoms with Gasteiger partial charge in [0.15, 0.2) is 0 Å². The lowest BCUT2D eigenvalue weighted by molar-refractivity contribution is 0.589. The zero-order valence-corrected chi connectivity index (χ0v) is 17.8. The molecule has 0 heterocycles. The zero-order chi connectivity index (χ0) is 20.0. The Labute approximate surface area is 175 Å². The molecule has 1 N–H and O–H groups in total. The summed E-state index contributed by atoms with van der Waals surface area (Å²) in [5, 5.41) is 3.96. The van der Waals surface area contributed by atoms with Gasteiger partial charge < -0.3 is 5.09 Å². The van der Waals surface area contributed by atoms with Gasteiger partial charge in [0.2, 0.25) is 7.29 Å². The van der Waals surface area contributed by atoms with E-state index in [1.807, 2.05) is 91.9 Å². The summed E-state index contributed by atoms with van der Waals surface area (Å²) in [6.07, 6.45) is 0. The Balaban J connectivity index is 2.05. The quantitative estimate of drug-likeness (QED) is 0.401. The van der Waals surface area contributed by atoms with Crippen LogP contribution < -0.4 is 5.09 Å². The molecule has 0 radical (unpaired) electrons. The van der Waals surface area contributed by atoms with Crippen LogP contribution in [0.1, 0.15) is 16.7 Å². The van der Waals surface area contributed by atoms with Crippen molar-refractivity contribution >= 4 is 46.2 Å². The molecule has 1 unspecified atom stereocenters. The van der Waals surface area contributed by atoms with Gasteiger partial charge in [0, 0.05) is 17.3 Å². The highest BCUT2D eigenvalue weighted by Crippen LogP contribution is 2.53. The van der Waals surface area contributed by atoms with Gasteiger partial charge in [0.05, 0.1) is 10.1 Å². The number of para-hydroxylation sites is 1. The number of aryl methyl sites for hydroxylation is 1. The molecular weight excluding hydrogens is 408 g/mol. The molecule has 0 aliphatic heterocycles. The summed E-state index contributed by atoms with van der Waals surface area (Å²) in [6.45, 7) is 1.96. The molecule has 3 aromatic carbocycles. The van der Waals surface area contributed by atoms with Gasteiger partial charge in [-0.1, -0.05) is 102 Å². The molecule has 28 heavy (non-hydrogen) atoms. The van der Waals surface area contributed by atoms with Gasteiger partial charge in [-0.15, -0.1) is 0 Å². The van der Waals surface area contributed by atoms with Crippen LogP contribution in [0, 0.1) is 6.92 Å². The Morgan fingerprint density at radius 3 is 1.64 bits per heavy atom. The van der Waals surface area contributed by atoms with E-state index in [2.05, 4.69) is 5.09 Å². The molecule has 0 saturated heterocycles. The molecule has 0 saturated carbocycles. The summed E-state index contributed by atoms with van der Waals surface area (Å²) in [7, 11) is -3.25. The number of rotatable bonds is 6. The van der Waals surface area contributed by atoms with E-state index >= 15 is 0 Å². The fraction of sp³-hybridized carbons (Fsp3) is 0.0435. The van der Waals surface area contributed by atoms with Crippen molar-refractivity contribution in [3.8, 4) is 0 Å². The molecule has 142 valence electrons. The third-order valence-electron chi connectivity index (χ3n) is 4.15. The van der Waals surface area contributed by atoms with Crippen molar-refractivity contribution in [1.29, 1.82) is 0 Å². The lowest BCUT2D eigenvalue weighted by Crippen LogP contribution is -1.96. The van der Waals surface area contributed by atoms with Gasteiger partial charge in [-0.05, 0) is 29.7 Å². The van der Waals surface area contributed by atoms with Gasteiger partial charge in [-0.25, -0.2) is 0 Å². The van der Waals surface area contributed by atoms with E-state index in [1.54, 1.807) is 11.6 Å². The van der Waals surface area contributed by atoms with Crippen LogP contribution in [-0.4, -0.2) is 0 Å². The molecule has 3 aromatic rings. The molecule has 0 aromatic heterocycles. The minimum atomic E-state index is -3.25. The standard InChI is InChI=1S/C23H20Cl2NOP/c1-18-10-8-9-15-23(18)26-28(27,16-21(24)19-11-4-2-5-12-19)17-22(25)20-13-6-3-7-14-20/h2-17H,1H3,(H,26,27)/b21-16-,22-17+. The summed E-state index contributed by atoms with van der Waals surface area (Å²) in [5.74, 6) is 3.11. The molecular formula is C23H20Cl2NOP.